The van der Waals surface area contributed by atoms with E-state index in [1.807, 2.05) is 47.8 Å². The first kappa shape index (κ1) is 23.7. The molecule has 2 aliphatic rings. The molecule has 10 heteroatoms. The zero-order valence-electron chi connectivity index (χ0n) is 19.5. The van der Waals surface area contributed by atoms with Crippen molar-refractivity contribution in [1.82, 2.24) is 4.57 Å². The topological polar surface area (TPSA) is 79.1 Å². The second-order valence-corrected chi connectivity index (χ2v) is 10.6. The van der Waals surface area contributed by atoms with Gasteiger partial charge in [-0.3, -0.25) is 9.36 Å². The molecular weight excluding hydrogens is 532 g/mol. The maximum absolute atomic E-state index is 13.9. The van der Waals surface area contributed by atoms with Gasteiger partial charge >= 0.3 is 5.97 Å². The second kappa shape index (κ2) is 9.66. The van der Waals surface area contributed by atoms with Crippen LogP contribution in [0.5, 0.6) is 11.5 Å². The van der Waals surface area contributed by atoms with E-state index in [0.717, 1.165) is 10.4 Å². The molecule has 37 heavy (non-hydrogen) atoms. The van der Waals surface area contributed by atoms with Crippen molar-refractivity contribution in [3.8, 4) is 11.5 Å². The minimum Gasteiger partial charge on any atom is -0.463 e. The number of hydrogen-bond donors (Lipinski definition) is 0. The average molecular weight is 551 g/mol. The molecule has 0 saturated carbocycles. The first-order chi connectivity index (χ1) is 18.0. The van der Waals surface area contributed by atoms with Crippen LogP contribution in [0.3, 0.4) is 0 Å². The number of nitrogens with zero attached hydrogens (tertiary/aromatic N) is 2. The molecule has 4 heterocycles. The number of carbonyl (C=O) groups is 1. The van der Waals surface area contributed by atoms with Crippen molar-refractivity contribution in [3.05, 3.63) is 106 Å². The molecule has 1 atom stereocenters. The number of carbonyl (C=O) groups excluding carboxylic acids is 1. The summed E-state index contributed by atoms with van der Waals surface area (Å²) in [6, 6.07) is 16.0. The molecule has 0 bridgehead atoms. The summed E-state index contributed by atoms with van der Waals surface area (Å²) >= 11 is 9.20. The highest BCUT2D eigenvalue weighted by Crippen LogP contribution is 2.38. The van der Waals surface area contributed by atoms with Gasteiger partial charge < -0.3 is 14.2 Å². The van der Waals surface area contributed by atoms with Gasteiger partial charge in [0, 0.05) is 16.5 Å². The van der Waals surface area contributed by atoms with Gasteiger partial charge in [-0.05, 0) is 36.1 Å². The molecule has 0 spiro atoms. The highest BCUT2D eigenvalue weighted by molar-refractivity contribution is 7.10. The third-order valence-electron chi connectivity index (χ3n) is 5.96. The van der Waals surface area contributed by atoms with Gasteiger partial charge in [0.25, 0.3) is 5.56 Å². The molecule has 6 rings (SSSR count). The molecule has 2 aromatic heterocycles. The summed E-state index contributed by atoms with van der Waals surface area (Å²) in [5, 5.41) is 2.35. The summed E-state index contributed by atoms with van der Waals surface area (Å²) in [4.78, 5) is 33.4. The number of rotatable bonds is 5. The lowest BCUT2D eigenvalue weighted by Gasteiger charge is -2.24. The van der Waals surface area contributed by atoms with E-state index >= 15 is 0 Å². The van der Waals surface area contributed by atoms with Gasteiger partial charge in [-0.1, -0.05) is 59.3 Å². The number of halogens is 1. The Morgan fingerprint density at radius 2 is 1.97 bits per heavy atom. The summed E-state index contributed by atoms with van der Waals surface area (Å²) < 4.78 is 18.3. The Hall–Kier alpha value is -3.66. The van der Waals surface area contributed by atoms with Crippen molar-refractivity contribution < 1.29 is 19.0 Å². The molecule has 0 saturated heterocycles. The Morgan fingerprint density at radius 1 is 1.19 bits per heavy atom. The first-order valence-electron chi connectivity index (χ1n) is 11.5. The number of thiazole rings is 1. The van der Waals surface area contributed by atoms with E-state index in [-0.39, 0.29) is 19.0 Å². The van der Waals surface area contributed by atoms with Crippen LogP contribution in [-0.4, -0.2) is 23.9 Å². The van der Waals surface area contributed by atoms with Crippen molar-refractivity contribution in [1.29, 1.82) is 0 Å². The van der Waals surface area contributed by atoms with Crippen LogP contribution in [0.1, 0.15) is 29.0 Å². The average Bonchev–Trinajstić information content (AvgIpc) is 3.65. The fraction of sp³-hybridized carbons (Fsp3) is 0.148. The predicted octanol–water partition coefficient (Wildman–Crippen LogP) is 4.38. The van der Waals surface area contributed by atoms with Crippen LogP contribution in [0.25, 0.3) is 11.8 Å². The maximum atomic E-state index is 13.9. The van der Waals surface area contributed by atoms with E-state index in [9.17, 15) is 9.59 Å². The van der Waals surface area contributed by atoms with Crippen molar-refractivity contribution in [2.75, 3.05) is 13.4 Å². The number of thiophene rings is 1. The SMILES string of the molecule is CCOC(=O)C1=C(c2ccccc2)N=c2sc(=Cc3cc4c(cc3Cl)OCO4)c(=O)n2C1c1cccs1. The van der Waals surface area contributed by atoms with Crippen molar-refractivity contribution in [3.63, 3.8) is 0 Å². The molecule has 2 aliphatic heterocycles. The lowest BCUT2D eigenvalue weighted by atomic mass is 9.97. The number of ether oxygens (including phenoxy) is 3. The molecule has 2 aromatic carbocycles. The highest BCUT2D eigenvalue weighted by atomic mass is 35.5. The third kappa shape index (κ3) is 4.19. The fourth-order valence-electron chi connectivity index (χ4n) is 4.34. The van der Waals surface area contributed by atoms with Crippen molar-refractivity contribution >= 4 is 52.0 Å². The lowest BCUT2D eigenvalue weighted by Crippen LogP contribution is -2.39. The molecule has 7 nitrogen and oxygen atoms in total. The summed E-state index contributed by atoms with van der Waals surface area (Å²) in [5.41, 5.74) is 1.94. The van der Waals surface area contributed by atoms with Crippen LogP contribution in [0.15, 0.2) is 75.3 Å². The van der Waals surface area contributed by atoms with Crippen LogP contribution in [-0.2, 0) is 9.53 Å². The highest BCUT2D eigenvalue weighted by Gasteiger charge is 2.35. The number of fused-ring (bicyclic) bond motifs is 2. The number of esters is 1. The van der Waals surface area contributed by atoms with Gasteiger partial charge in [0.2, 0.25) is 6.79 Å². The zero-order chi connectivity index (χ0) is 25.5. The van der Waals surface area contributed by atoms with Gasteiger partial charge in [0.1, 0.15) is 6.04 Å². The Labute approximate surface area is 224 Å². The molecule has 0 amide bonds. The molecule has 0 aliphatic carbocycles. The monoisotopic (exact) mass is 550 g/mol. The summed E-state index contributed by atoms with van der Waals surface area (Å²) in [6.45, 7) is 2.08. The van der Waals surface area contributed by atoms with Crippen molar-refractivity contribution in [2.24, 2.45) is 4.99 Å². The molecular formula is C27H19ClN2O5S2. The predicted molar refractivity (Wildman–Crippen MR) is 143 cm³/mol. The molecule has 0 fully saturated rings. The Morgan fingerprint density at radius 3 is 2.70 bits per heavy atom. The van der Waals surface area contributed by atoms with Crippen LogP contribution in [0.4, 0.5) is 0 Å². The quantitative estimate of drug-likeness (QED) is 0.345. The standard InChI is InChI=1S/C27H19ClN2O5S2/c1-2-33-26(32)22-23(15-7-4-3-5-8-15)29-27-30(24(22)20-9-6-10-36-20)25(31)21(37-27)12-16-11-18-19(13-17(16)28)35-14-34-18/h3-13,24H,2,14H2,1H3. The minimum absolute atomic E-state index is 0.122. The lowest BCUT2D eigenvalue weighted by molar-refractivity contribution is -0.138. The Bertz CT molecular complexity index is 1720. The normalized spacial score (nSPS) is 16.5. The van der Waals surface area contributed by atoms with Crippen LogP contribution in [0.2, 0.25) is 5.02 Å². The summed E-state index contributed by atoms with van der Waals surface area (Å²) in [5.74, 6) is 0.625. The fourth-order valence-corrected chi connectivity index (χ4v) is 6.36. The molecule has 0 radical (unpaired) electrons. The summed E-state index contributed by atoms with van der Waals surface area (Å²) in [7, 11) is 0. The van der Waals surface area contributed by atoms with E-state index in [1.54, 1.807) is 29.7 Å². The van der Waals surface area contributed by atoms with Gasteiger partial charge in [0.05, 0.1) is 27.4 Å². The smallest absolute Gasteiger partial charge is 0.338 e. The number of hydrogen-bond acceptors (Lipinski definition) is 8. The van der Waals surface area contributed by atoms with E-state index in [2.05, 4.69) is 0 Å². The number of benzene rings is 2. The van der Waals surface area contributed by atoms with E-state index in [0.29, 0.717) is 42.7 Å². The minimum atomic E-state index is -0.681. The molecule has 0 N–H and O–H groups in total. The van der Waals surface area contributed by atoms with Gasteiger partial charge in [0.15, 0.2) is 16.3 Å². The summed E-state index contributed by atoms with van der Waals surface area (Å²) in [6.07, 6.45) is 1.72. The first-order valence-corrected chi connectivity index (χ1v) is 13.5. The van der Waals surface area contributed by atoms with Gasteiger partial charge in [-0.25, -0.2) is 9.79 Å². The second-order valence-electron chi connectivity index (χ2n) is 8.17. The van der Waals surface area contributed by atoms with Gasteiger partial charge in [-0.2, -0.15) is 0 Å². The third-order valence-corrected chi connectivity index (χ3v) is 8.20. The van der Waals surface area contributed by atoms with Crippen molar-refractivity contribution in [2.45, 2.75) is 13.0 Å². The van der Waals surface area contributed by atoms with Crippen LogP contribution < -0.4 is 24.4 Å². The Balaban J connectivity index is 1.61. The van der Waals surface area contributed by atoms with Crippen LogP contribution >= 0.6 is 34.3 Å². The largest absolute Gasteiger partial charge is 0.463 e. The number of aromatic nitrogens is 1. The molecule has 186 valence electrons. The van der Waals surface area contributed by atoms with Gasteiger partial charge in [-0.15, -0.1) is 11.3 Å². The maximum Gasteiger partial charge on any atom is 0.338 e. The van der Waals surface area contributed by atoms with E-state index in [4.69, 9.17) is 30.8 Å². The zero-order valence-corrected chi connectivity index (χ0v) is 21.9. The molecule has 1 unspecified atom stereocenters. The van der Waals surface area contributed by atoms with E-state index in [1.165, 1.54) is 22.7 Å². The van der Waals surface area contributed by atoms with Crippen LogP contribution in [0, 0.1) is 0 Å². The Kier molecular flexibility index (Phi) is 6.19. The van der Waals surface area contributed by atoms with E-state index < -0.39 is 12.0 Å². The molecule has 4 aromatic rings.